The highest BCUT2D eigenvalue weighted by Gasteiger charge is 2.44. The van der Waals surface area contributed by atoms with Gasteiger partial charge >= 0.3 is 0 Å². The molecular formula is C11H18N2O3S. The third kappa shape index (κ3) is 2.19. The summed E-state index contributed by atoms with van der Waals surface area (Å²) in [6.07, 6.45) is 3.17. The highest BCUT2D eigenvalue weighted by molar-refractivity contribution is 7.90. The molecule has 3 unspecified atom stereocenters. The Bertz CT molecular complexity index is 415. The van der Waals surface area contributed by atoms with Gasteiger partial charge in [0.2, 0.25) is 10.0 Å². The van der Waals surface area contributed by atoms with Crippen molar-refractivity contribution in [3.8, 4) is 6.07 Å². The van der Waals surface area contributed by atoms with Crippen molar-refractivity contribution in [1.82, 2.24) is 4.31 Å². The summed E-state index contributed by atoms with van der Waals surface area (Å²) in [5, 5.41) is 8.03. The number of hydrogen-bond acceptors (Lipinski definition) is 4. The summed E-state index contributed by atoms with van der Waals surface area (Å²) in [5.41, 5.74) is 0. The van der Waals surface area contributed by atoms with Gasteiger partial charge in [0.1, 0.15) is 0 Å². The van der Waals surface area contributed by atoms with Gasteiger partial charge in [-0.15, -0.1) is 0 Å². The van der Waals surface area contributed by atoms with Gasteiger partial charge in [-0.3, -0.25) is 0 Å². The van der Waals surface area contributed by atoms with Gasteiger partial charge in [-0.1, -0.05) is 6.92 Å². The number of sulfonamides is 1. The van der Waals surface area contributed by atoms with E-state index in [1.54, 1.807) is 6.92 Å². The van der Waals surface area contributed by atoms with Crippen molar-refractivity contribution in [3.63, 3.8) is 0 Å². The Labute approximate surface area is 102 Å². The van der Waals surface area contributed by atoms with Crippen molar-refractivity contribution < 1.29 is 13.2 Å². The van der Waals surface area contributed by atoms with E-state index in [1.165, 1.54) is 4.31 Å². The minimum atomic E-state index is -3.49. The zero-order chi connectivity index (χ0) is 12.5. The lowest BCUT2D eigenvalue weighted by atomic mass is 10.2. The molecule has 1 saturated heterocycles. The average Bonchev–Trinajstić information content (AvgIpc) is 2.77. The minimum absolute atomic E-state index is 0.0368. The smallest absolute Gasteiger partial charge is 0.230 e. The first kappa shape index (κ1) is 12.8. The van der Waals surface area contributed by atoms with Crippen LogP contribution in [0.25, 0.3) is 0 Å². The first-order valence-electron chi connectivity index (χ1n) is 6.13. The Morgan fingerprint density at radius 3 is 2.94 bits per heavy atom. The number of morpholine rings is 1. The van der Waals surface area contributed by atoms with Crippen LogP contribution in [-0.4, -0.2) is 43.3 Å². The molecule has 1 aliphatic heterocycles. The molecule has 2 fully saturated rings. The van der Waals surface area contributed by atoms with Crippen molar-refractivity contribution in [2.75, 3.05) is 13.2 Å². The predicted octanol–water partition coefficient (Wildman–Crippen LogP) is 0.872. The molecule has 0 radical (unpaired) electrons. The van der Waals surface area contributed by atoms with Crippen LogP contribution in [-0.2, 0) is 14.8 Å². The zero-order valence-corrected chi connectivity index (χ0v) is 10.8. The first-order valence-corrected chi connectivity index (χ1v) is 7.63. The third-order valence-corrected chi connectivity index (χ3v) is 5.90. The zero-order valence-electron chi connectivity index (χ0n) is 10.0. The molecule has 2 rings (SSSR count). The van der Waals surface area contributed by atoms with Crippen LogP contribution in [0.1, 0.15) is 32.6 Å². The standard InChI is InChI=1S/C11H18N2O3S/c1-2-9(8-12)17(14,15)13-6-7-16-11-5-3-4-10(11)13/h9-11H,2-7H2,1H3. The Morgan fingerprint density at radius 1 is 1.53 bits per heavy atom. The van der Waals surface area contributed by atoms with E-state index in [4.69, 9.17) is 10.00 Å². The molecule has 0 aromatic carbocycles. The maximum Gasteiger partial charge on any atom is 0.230 e. The maximum absolute atomic E-state index is 12.3. The van der Waals surface area contributed by atoms with E-state index in [0.29, 0.717) is 19.6 Å². The summed E-state index contributed by atoms with van der Waals surface area (Å²) in [5.74, 6) is 0. The van der Waals surface area contributed by atoms with Gasteiger partial charge in [-0.2, -0.15) is 9.57 Å². The van der Waals surface area contributed by atoms with E-state index < -0.39 is 15.3 Å². The summed E-state index contributed by atoms with van der Waals surface area (Å²) in [4.78, 5) is 0. The van der Waals surface area contributed by atoms with E-state index in [2.05, 4.69) is 0 Å². The van der Waals surface area contributed by atoms with Crippen LogP contribution in [0.3, 0.4) is 0 Å². The van der Waals surface area contributed by atoms with Gasteiger partial charge in [0.05, 0.1) is 24.8 Å². The second kappa shape index (κ2) is 4.92. The average molecular weight is 258 g/mol. The molecule has 2 aliphatic rings. The topological polar surface area (TPSA) is 70.4 Å². The number of rotatable bonds is 3. The van der Waals surface area contributed by atoms with E-state index in [-0.39, 0.29) is 12.1 Å². The molecule has 0 aromatic heterocycles. The Kier molecular flexibility index (Phi) is 3.71. The summed E-state index contributed by atoms with van der Waals surface area (Å²) in [6, 6.07) is 1.85. The molecular weight excluding hydrogens is 240 g/mol. The van der Waals surface area contributed by atoms with Crippen LogP contribution in [0.5, 0.6) is 0 Å². The lowest BCUT2D eigenvalue weighted by Gasteiger charge is -2.37. The predicted molar refractivity (Wildman–Crippen MR) is 62.7 cm³/mol. The Morgan fingerprint density at radius 2 is 2.29 bits per heavy atom. The second-order valence-corrected chi connectivity index (χ2v) is 6.66. The lowest BCUT2D eigenvalue weighted by molar-refractivity contribution is -0.0243. The monoisotopic (exact) mass is 258 g/mol. The maximum atomic E-state index is 12.3. The normalized spacial score (nSPS) is 31.8. The van der Waals surface area contributed by atoms with Crippen LogP contribution in [0.4, 0.5) is 0 Å². The molecule has 0 spiro atoms. The minimum Gasteiger partial charge on any atom is -0.375 e. The highest BCUT2D eigenvalue weighted by Crippen LogP contribution is 2.32. The van der Waals surface area contributed by atoms with Crippen molar-refractivity contribution >= 4 is 10.0 Å². The van der Waals surface area contributed by atoms with Crippen LogP contribution < -0.4 is 0 Å². The van der Waals surface area contributed by atoms with Gasteiger partial charge in [-0.05, 0) is 25.7 Å². The summed E-state index contributed by atoms with van der Waals surface area (Å²) < 4.78 is 31.8. The van der Waals surface area contributed by atoms with Crippen LogP contribution in [0, 0.1) is 11.3 Å². The lowest BCUT2D eigenvalue weighted by Crippen LogP contribution is -2.53. The molecule has 6 heteroatoms. The largest absolute Gasteiger partial charge is 0.375 e. The van der Waals surface area contributed by atoms with E-state index in [9.17, 15) is 8.42 Å². The van der Waals surface area contributed by atoms with E-state index in [0.717, 1.165) is 19.3 Å². The van der Waals surface area contributed by atoms with Crippen LogP contribution in [0.2, 0.25) is 0 Å². The summed E-state index contributed by atoms with van der Waals surface area (Å²) in [6.45, 7) is 2.57. The van der Waals surface area contributed by atoms with Gasteiger partial charge in [0, 0.05) is 6.54 Å². The van der Waals surface area contributed by atoms with Gasteiger partial charge < -0.3 is 4.74 Å². The van der Waals surface area contributed by atoms with Gasteiger partial charge in [-0.25, -0.2) is 8.42 Å². The van der Waals surface area contributed by atoms with Gasteiger partial charge in [0.15, 0.2) is 5.25 Å². The van der Waals surface area contributed by atoms with Gasteiger partial charge in [0.25, 0.3) is 0 Å². The molecule has 0 amide bonds. The molecule has 3 atom stereocenters. The molecule has 0 aromatic rings. The first-order chi connectivity index (χ1) is 8.11. The number of nitrogens with zero attached hydrogens (tertiary/aromatic N) is 2. The molecule has 0 bridgehead atoms. The highest BCUT2D eigenvalue weighted by atomic mass is 32.2. The molecule has 1 aliphatic carbocycles. The van der Waals surface area contributed by atoms with Crippen molar-refractivity contribution in [2.24, 2.45) is 0 Å². The fraction of sp³-hybridized carbons (Fsp3) is 0.909. The van der Waals surface area contributed by atoms with Crippen molar-refractivity contribution in [3.05, 3.63) is 0 Å². The fourth-order valence-electron chi connectivity index (χ4n) is 2.74. The number of ether oxygens (including phenoxy) is 1. The van der Waals surface area contributed by atoms with E-state index in [1.807, 2.05) is 6.07 Å². The van der Waals surface area contributed by atoms with Crippen molar-refractivity contribution in [2.45, 2.75) is 50.0 Å². The SMILES string of the molecule is CCC(C#N)S(=O)(=O)N1CCOC2CCCC21. The van der Waals surface area contributed by atoms with E-state index >= 15 is 0 Å². The van der Waals surface area contributed by atoms with Crippen LogP contribution in [0.15, 0.2) is 0 Å². The number of nitriles is 1. The fourth-order valence-corrected chi connectivity index (χ4v) is 4.57. The van der Waals surface area contributed by atoms with Crippen molar-refractivity contribution in [1.29, 1.82) is 5.26 Å². The molecule has 17 heavy (non-hydrogen) atoms. The molecule has 96 valence electrons. The third-order valence-electron chi connectivity index (χ3n) is 3.63. The Balaban J connectivity index is 2.24. The molecule has 0 N–H and O–H groups in total. The summed E-state index contributed by atoms with van der Waals surface area (Å²) in [7, 11) is -3.49. The molecule has 5 nitrogen and oxygen atoms in total. The number of fused-ring (bicyclic) bond motifs is 1. The summed E-state index contributed by atoms with van der Waals surface area (Å²) >= 11 is 0. The number of hydrogen-bond donors (Lipinski definition) is 0. The quantitative estimate of drug-likeness (QED) is 0.753. The Hall–Kier alpha value is -0.640. The second-order valence-electron chi connectivity index (χ2n) is 4.59. The van der Waals surface area contributed by atoms with Crippen LogP contribution >= 0.6 is 0 Å². The molecule has 1 heterocycles. The molecule has 1 saturated carbocycles.